The first-order valence-electron chi connectivity index (χ1n) is 12.1. The van der Waals surface area contributed by atoms with Gasteiger partial charge in [-0.1, -0.05) is 12.8 Å². The van der Waals surface area contributed by atoms with E-state index in [-0.39, 0.29) is 39.5 Å². The van der Waals surface area contributed by atoms with E-state index >= 15 is 0 Å². The van der Waals surface area contributed by atoms with Gasteiger partial charge in [0.1, 0.15) is 34.0 Å². The largest absolute Gasteiger partial charge is 0.507 e. The summed E-state index contributed by atoms with van der Waals surface area (Å²) >= 11 is 0. The number of rotatable bonds is 8. The molecule has 0 unspecified atom stereocenters. The van der Waals surface area contributed by atoms with Crippen molar-refractivity contribution in [1.29, 1.82) is 0 Å². The molecule has 1 heterocycles. The number of benzene rings is 1. The molecule has 1 atom stereocenters. The van der Waals surface area contributed by atoms with E-state index in [4.69, 9.17) is 20.4 Å². The Morgan fingerprint density at radius 2 is 1.64 bits per heavy atom. The van der Waals surface area contributed by atoms with Gasteiger partial charge in [0.15, 0.2) is 17.3 Å². The van der Waals surface area contributed by atoms with Crippen molar-refractivity contribution < 1.29 is 52.4 Å². The number of alkyl halides is 3. The van der Waals surface area contributed by atoms with E-state index in [1.807, 2.05) is 0 Å². The molecule has 10 nitrogen and oxygen atoms in total. The predicted molar refractivity (Wildman–Crippen MR) is 133 cm³/mol. The molecule has 0 saturated heterocycles. The number of nitrogens with two attached hydrogens (primary N) is 1. The summed E-state index contributed by atoms with van der Waals surface area (Å²) in [6.45, 7) is 7.20. The maximum Gasteiger partial charge on any atom is 0.490 e. The second-order valence-corrected chi connectivity index (χ2v) is 9.32. The summed E-state index contributed by atoms with van der Waals surface area (Å²) in [5, 5.41) is 31.5. The number of Topliss-reactive ketones (excluding diaryl/α,β-unsaturated/α-hetero) is 2. The fourth-order valence-corrected chi connectivity index (χ4v) is 4.35. The first kappa shape index (κ1) is 31.3. The average molecular weight is 557 g/mol. The lowest BCUT2D eigenvalue weighted by atomic mass is 9.70. The SMILES string of the molecule is CC(=O)c1c(O)c(C)c(O)c2c1OC1=CC(=O)/C(=C(/C)NCCCCCCN)C(=O)[C@@]12C.O=C(O)C(F)(F)F. The van der Waals surface area contributed by atoms with Crippen LogP contribution >= 0.6 is 0 Å². The van der Waals surface area contributed by atoms with Gasteiger partial charge in [0.25, 0.3) is 0 Å². The number of aliphatic carboxylic acids is 1. The number of fused-ring (bicyclic) bond motifs is 3. The number of hydrogen-bond acceptors (Lipinski definition) is 9. The Balaban J connectivity index is 0.000000673. The third kappa shape index (κ3) is 6.08. The lowest BCUT2D eigenvalue weighted by Gasteiger charge is -2.29. The number of hydrogen-bond donors (Lipinski definition) is 5. The van der Waals surface area contributed by atoms with Gasteiger partial charge in [-0.15, -0.1) is 0 Å². The van der Waals surface area contributed by atoms with E-state index in [1.165, 1.54) is 19.9 Å². The molecule has 0 bridgehead atoms. The maximum atomic E-state index is 13.6. The molecule has 1 aliphatic carbocycles. The minimum atomic E-state index is -5.08. The van der Waals surface area contributed by atoms with Crippen LogP contribution in [0.3, 0.4) is 0 Å². The summed E-state index contributed by atoms with van der Waals surface area (Å²) in [6, 6.07) is 0. The monoisotopic (exact) mass is 556 g/mol. The van der Waals surface area contributed by atoms with E-state index < -0.39 is 40.7 Å². The molecule has 0 amide bonds. The lowest BCUT2D eigenvalue weighted by molar-refractivity contribution is -0.192. The number of carbonyl (C=O) groups excluding carboxylic acids is 3. The topological polar surface area (TPSA) is 176 Å². The van der Waals surface area contributed by atoms with Crippen LogP contribution in [0.1, 0.15) is 67.9 Å². The molecule has 13 heteroatoms. The quantitative estimate of drug-likeness (QED) is 0.138. The van der Waals surface area contributed by atoms with E-state index in [9.17, 15) is 37.8 Å². The van der Waals surface area contributed by atoms with Crippen molar-refractivity contribution in [3.8, 4) is 17.2 Å². The predicted octanol–water partition coefficient (Wildman–Crippen LogP) is 3.31. The fraction of sp³-hybridized carbons (Fsp3) is 0.462. The van der Waals surface area contributed by atoms with Gasteiger partial charge in [0.2, 0.25) is 0 Å². The molecule has 3 rings (SSSR count). The number of carboxylic acids is 1. The highest BCUT2D eigenvalue weighted by molar-refractivity contribution is 6.31. The molecule has 0 saturated carbocycles. The molecule has 1 aromatic carbocycles. The van der Waals surface area contributed by atoms with Crippen LogP contribution in [0.5, 0.6) is 17.2 Å². The van der Waals surface area contributed by atoms with Crippen molar-refractivity contribution in [3.63, 3.8) is 0 Å². The molecule has 0 radical (unpaired) electrons. The molecule has 1 aromatic rings. The van der Waals surface area contributed by atoms with Gasteiger partial charge in [-0.2, -0.15) is 13.2 Å². The number of allylic oxidation sites excluding steroid dienone is 4. The van der Waals surface area contributed by atoms with Gasteiger partial charge in [-0.25, -0.2) is 4.79 Å². The number of carbonyl (C=O) groups is 4. The number of carboxylic acid groups (broad SMARTS) is 1. The van der Waals surface area contributed by atoms with Gasteiger partial charge >= 0.3 is 12.1 Å². The van der Waals surface area contributed by atoms with Crippen molar-refractivity contribution >= 4 is 23.3 Å². The van der Waals surface area contributed by atoms with E-state index in [2.05, 4.69) is 5.32 Å². The minimum Gasteiger partial charge on any atom is -0.507 e. The molecular weight excluding hydrogens is 525 g/mol. The summed E-state index contributed by atoms with van der Waals surface area (Å²) in [4.78, 5) is 47.6. The van der Waals surface area contributed by atoms with Crippen LogP contribution in [-0.4, -0.2) is 57.9 Å². The summed E-state index contributed by atoms with van der Waals surface area (Å²) in [5.74, 6) is -5.06. The number of phenols is 2. The number of phenolic OH excluding ortho intramolecular Hbond substituents is 2. The highest BCUT2D eigenvalue weighted by atomic mass is 19.4. The van der Waals surface area contributed by atoms with Crippen molar-refractivity contribution in [2.75, 3.05) is 13.1 Å². The van der Waals surface area contributed by atoms with Gasteiger partial charge in [-0.3, -0.25) is 14.4 Å². The van der Waals surface area contributed by atoms with E-state index in [1.54, 1.807) is 13.8 Å². The highest BCUT2D eigenvalue weighted by Gasteiger charge is 2.56. The summed E-state index contributed by atoms with van der Waals surface area (Å²) in [5.41, 5.74) is 4.49. The first-order valence-corrected chi connectivity index (χ1v) is 12.1. The standard InChI is InChI=1S/C24H30N2O6.C2HF3O2/c1-12-20(29)18(14(3)27)22-19(21(12)30)24(4)16(32-22)11-15(28)17(23(24)31)13(2)26-10-8-6-5-7-9-25;3-2(4,5)1(6)7/h11,26,29-30H,5-10,25H2,1-4H3;(H,6,7)/b17-13+;/t24-;/m0./s1. The van der Waals surface area contributed by atoms with Crippen LogP contribution in [0.2, 0.25) is 0 Å². The molecule has 0 aromatic heterocycles. The van der Waals surface area contributed by atoms with E-state index in [0.717, 1.165) is 25.7 Å². The first-order chi connectivity index (χ1) is 18.0. The Bertz CT molecular complexity index is 1270. The normalized spacial score (nSPS) is 19.2. The summed E-state index contributed by atoms with van der Waals surface area (Å²) in [6.07, 6.45) is -0.0173. The second-order valence-electron chi connectivity index (χ2n) is 9.32. The molecule has 39 heavy (non-hydrogen) atoms. The van der Waals surface area contributed by atoms with Crippen molar-refractivity contribution in [3.05, 3.63) is 39.8 Å². The summed E-state index contributed by atoms with van der Waals surface area (Å²) < 4.78 is 37.5. The summed E-state index contributed by atoms with van der Waals surface area (Å²) in [7, 11) is 0. The van der Waals surface area contributed by atoms with Crippen molar-refractivity contribution in [1.82, 2.24) is 5.32 Å². The minimum absolute atomic E-state index is 0.0100. The van der Waals surface area contributed by atoms with Crippen LogP contribution in [0.15, 0.2) is 23.1 Å². The van der Waals surface area contributed by atoms with Crippen LogP contribution in [-0.2, 0) is 19.8 Å². The van der Waals surface area contributed by atoms with Crippen molar-refractivity contribution in [2.24, 2.45) is 5.73 Å². The molecule has 1 aliphatic heterocycles. The third-order valence-electron chi connectivity index (χ3n) is 6.52. The molecule has 6 N–H and O–H groups in total. The molecule has 214 valence electrons. The van der Waals surface area contributed by atoms with Crippen LogP contribution in [0.25, 0.3) is 0 Å². The molecular formula is C26H31F3N2O8. The second kappa shape index (κ2) is 11.9. The number of nitrogens with one attached hydrogen (secondary N) is 1. The third-order valence-corrected chi connectivity index (χ3v) is 6.52. The van der Waals surface area contributed by atoms with Gasteiger partial charge in [-0.05, 0) is 47.1 Å². The van der Waals surface area contributed by atoms with Gasteiger partial charge in [0, 0.05) is 23.9 Å². The smallest absolute Gasteiger partial charge is 0.490 e. The molecule has 0 spiro atoms. The highest BCUT2D eigenvalue weighted by Crippen LogP contribution is 2.57. The van der Waals surface area contributed by atoms with Gasteiger partial charge < -0.3 is 31.1 Å². The van der Waals surface area contributed by atoms with E-state index in [0.29, 0.717) is 18.8 Å². The fourth-order valence-electron chi connectivity index (χ4n) is 4.35. The number of ketones is 3. The average Bonchev–Trinajstić information content (AvgIpc) is 3.12. The van der Waals surface area contributed by atoms with Crippen LogP contribution in [0, 0.1) is 6.92 Å². The maximum absolute atomic E-state index is 13.6. The zero-order valence-corrected chi connectivity index (χ0v) is 21.9. The van der Waals surface area contributed by atoms with Crippen molar-refractivity contribution in [2.45, 2.75) is 65.0 Å². The number of halogens is 3. The molecule has 0 fully saturated rings. The lowest BCUT2D eigenvalue weighted by Crippen LogP contribution is -2.41. The van der Waals surface area contributed by atoms with Gasteiger partial charge in [0.05, 0.1) is 11.1 Å². The Morgan fingerprint density at radius 3 is 2.15 bits per heavy atom. The number of aromatic hydroxyl groups is 2. The Labute approximate surface area is 222 Å². The Morgan fingerprint density at radius 1 is 1.08 bits per heavy atom. The Kier molecular flexibility index (Phi) is 9.56. The van der Waals surface area contributed by atoms with Crippen LogP contribution in [0.4, 0.5) is 13.2 Å². The number of unbranched alkanes of at least 4 members (excludes halogenated alkanes) is 3. The zero-order valence-electron chi connectivity index (χ0n) is 21.9. The number of ether oxygens (including phenoxy) is 1. The molecule has 2 aliphatic rings. The zero-order chi connectivity index (χ0) is 29.9. The van der Waals surface area contributed by atoms with Crippen LogP contribution < -0.4 is 15.8 Å². The Hall–Kier alpha value is -3.87.